The third kappa shape index (κ3) is 1.95. The van der Waals surface area contributed by atoms with Gasteiger partial charge in [0.2, 0.25) is 0 Å². The van der Waals surface area contributed by atoms with Crippen LogP contribution in [0.25, 0.3) is 0 Å². The molecule has 1 saturated carbocycles. The fourth-order valence-electron chi connectivity index (χ4n) is 2.62. The first-order valence-corrected chi connectivity index (χ1v) is 6.50. The highest BCUT2D eigenvalue weighted by atomic mass is 79.9. The van der Waals surface area contributed by atoms with Crippen molar-refractivity contribution in [3.05, 3.63) is 27.7 Å². The predicted octanol–water partition coefficient (Wildman–Crippen LogP) is 3.36. The number of phenols is 1. The molecule has 1 aliphatic rings. The van der Waals surface area contributed by atoms with E-state index in [1.165, 1.54) is 0 Å². The molecule has 0 saturated heterocycles. The zero-order valence-electron chi connectivity index (χ0n) is 9.66. The van der Waals surface area contributed by atoms with Crippen molar-refractivity contribution in [2.45, 2.75) is 38.0 Å². The molecule has 0 bridgehead atoms. The minimum atomic E-state index is -0.763. The van der Waals surface area contributed by atoms with Gasteiger partial charge in [-0.15, -0.1) is 0 Å². The highest BCUT2D eigenvalue weighted by molar-refractivity contribution is 9.10. The lowest BCUT2D eigenvalue weighted by Crippen LogP contribution is -2.32. The van der Waals surface area contributed by atoms with Crippen LogP contribution in [0, 0.1) is 6.92 Å². The molecule has 1 fully saturated rings. The Labute approximate surface area is 109 Å². The number of aryl methyl sites for hydroxylation is 1. The van der Waals surface area contributed by atoms with E-state index in [1.807, 2.05) is 0 Å². The molecule has 0 aromatic heterocycles. The number of aromatic hydroxyl groups is 1. The average Bonchev–Trinajstić information content (AvgIpc) is 2.75. The lowest BCUT2D eigenvalue weighted by molar-refractivity contribution is -0.143. The van der Waals surface area contributed by atoms with Crippen LogP contribution in [-0.4, -0.2) is 16.2 Å². The number of phenolic OH excluding ortho intramolecular Hbond substituents is 1. The van der Waals surface area contributed by atoms with E-state index >= 15 is 0 Å². The summed E-state index contributed by atoms with van der Waals surface area (Å²) in [4.78, 5) is 11.6. The minimum Gasteiger partial charge on any atom is -0.506 e. The summed E-state index contributed by atoms with van der Waals surface area (Å²) in [6.45, 7) is 1.79. The largest absolute Gasteiger partial charge is 0.506 e. The molecule has 0 aliphatic heterocycles. The molecule has 1 aromatic rings. The van der Waals surface area contributed by atoms with E-state index in [0.29, 0.717) is 22.9 Å². The van der Waals surface area contributed by atoms with Crippen LogP contribution in [-0.2, 0) is 10.2 Å². The first-order valence-electron chi connectivity index (χ1n) is 5.70. The van der Waals surface area contributed by atoms with Gasteiger partial charge in [0.15, 0.2) is 0 Å². The molecule has 1 aromatic carbocycles. The molecule has 92 valence electrons. The second kappa shape index (κ2) is 4.33. The molecule has 0 atom stereocenters. The Morgan fingerprint density at radius 2 is 1.94 bits per heavy atom. The van der Waals surface area contributed by atoms with Crippen LogP contribution >= 0.6 is 15.9 Å². The summed E-state index contributed by atoms with van der Waals surface area (Å²) in [5, 5.41) is 19.2. The summed E-state index contributed by atoms with van der Waals surface area (Å²) in [5.74, 6) is -0.570. The zero-order valence-corrected chi connectivity index (χ0v) is 11.2. The summed E-state index contributed by atoms with van der Waals surface area (Å²) in [7, 11) is 0. The first-order chi connectivity index (χ1) is 7.97. The van der Waals surface area contributed by atoms with Gasteiger partial charge < -0.3 is 10.2 Å². The van der Waals surface area contributed by atoms with Gasteiger partial charge in [0.05, 0.1) is 9.89 Å². The summed E-state index contributed by atoms with van der Waals surface area (Å²) >= 11 is 3.27. The Morgan fingerprint density at radius 3 is 2.41 bits per heavy atom. The maximum absolute atomic E-state index is 11.6. The number of hydrogen-bond donors (Lipinski definition) is 2. The highest BCUT2D eigenvalue weighted by Gasteiger charge is 2.43. The van der Waals surface area contributed by atoms with Crippen molar-refractivity contribution < 1.29 is 15.0 Å². The molecule has 0 spiro atoms. The molecule has 0 unspecified atom stereocenters. The van der Waals surface area contributed by atoms with Gasteiger partial charge in [0, 0.05) is 0 Å². The minimum absolute atomic E-state index is 0.187. The number of hydrogen-bond acceptors (Lipinski definition) is 2. The standard InChI is InChI=1S/C13H15BrO3/c1-8-6-9(7-10(14)11(8)15)13(12(16)17)4-2-3-5-13/h6-7,15H,2-5H2,1H3,(H,16,17). The quantitative estimate of drug-likeness (QED) is 0.880. The van der Waals surface area contributed by atoms with Gasteiger partial charge in [0.1, 0.15) is 5.75 Å². The number of carbonyl (C=O) groups is 1. The van der Waals surface area contributed by atoms with Crippen molar-refractivity contribution in [3.8, 4) is 5.75 Å². The van der Waals surface area contributed by atoms with E-state index in [-0.39, 0.29) is 5.75 Å². The van der Waals surface area contributed by atoms with Crippen molar-refractivity contribution in [1.82, 2.24) is 0 Å². The molecule has 2 N–H and O–H groups in total. The van der Waals surface area contributed by atoms with Crippen molar-refractivity contribution >= 4 is 21.9 Å². The number of halogens is 1. The van der Waals surface area contributed by atoms with E-state index in [9.17, 15) is 15.0 Å². The predicted molar refractivity (Wildman–Crippen MR) is 68.3 cm³/mol. The molecule has 0 heterocycles. The van der Waals surface area contributed by atoms with Crippen LogP contribution in [0.1, 0.15) is 36.8 Å². The van der Waals surface area contributed by atoms with Gasteiger partial charge in [-0.05, 0) is 52.9 Å². The summed E-state index contributed by atoms with van der Waals surface area (Å²) < 4.78 is 0.569. The van der Waals surface area contributed by atoms with Gasteiger partial charge in [-0.25, -0.2) is 0 Å². The Bertz CT molecular complexity index is 439. The molecular weight excluding hydrogens is 284 g/mol. The topological polar surface area (TPSA) is 57.5 Å². The average molecular weight is 299 g/mol. The maximum Gasteiger partial charge on any atom is 0.314 e. The van der Waals surface area contributed by atoms with Crippen molar-refractivity contribution in [1.29, 1.82) is 0 Å². The van der Waals surface area contributed by atoms with Gasteiger partial charge in [0.25, 0.3) is 0 Å². The monoisotopic (exact) mass is 298 g/mol. The second-order valence-corrected chi connectivity index (χ2v) is 5.57. The fourth-order valence-corrected chi connectivity index (χ4v) is 3.18. The van der Waals surface area contributed by atoms with E-state index in [1.54, 1.807) is 19.1 Å². The highest BCUT2D eigenvalue weighted by Crippen LogP contribution is 2.44. The zero-order chi connectivity index (χ0) is 12.6. The molecule has 2 rings (SSSR count). The first kappa shape index (κ1) is 12.4. The Hall–Kier alpha value is -1.03. The van der Waals surface area contributed by atoms with E-state index in [2.05, 4.69) is 15.9 Å². The van der Waals surface area contributed by atoms with Gasteiger partial charge in [-0.2, -0.15) is 0 Å². The summed E-state index contributed by atoms with van der Waals surface area (Å²) in [6.07, 6.45) is 3.26. The Morgan fingerprint density at radius 1 is 1.35 bits per heavy atom. The van der Waals surface area contributed by atoms with Crippen LogP contribution in [0.3, 0.4) is 0 Å². The van der Waals surface area contributed by atoms with Crippen LogP contribution in [0.4, 0.5) is 0 Å². The third-order valence-electron chi connectivity index (χ3n) is 3.67. The Balaban J connectivity index is 2.55. The van der Waals surface area contributed by atoms with Crippen LogP contribution in [0.15, 0.2) is 16.6 Å². The molecule has 0 amide bonds. The van der Waals surface area contributed by atoms with Crippen molar-refractivity contribution in [3.63, 3.8) is 0 Å². The molecule has 1 aliphatic carbocycles. The molecular formula is C13H15BrO3. The van der Waals surface area contributed by atoms with Crippen molar-refractivity contribution in [2.24, 2.45) is 0 Å². The number of carboxylic acids is 1. The van der Waals surface area contributed by atoms with E-state index in [4.69, 9.17) is 0 Å². The van der Waals surface area contributed by atoms with Gasteiger partial charge in [-0.3, -0.25) is 4.79 Å². The van der Waals surface area contributed by atoms with Crippen molar-refractivity contribution in [2.75, 3.05) is 0 Å². The number of aliphatic carboxylic acids is 1. The van der Waals surface area contributed by atoms with Gasteiger partial charge >= 0.3 is 5.97 Å². The van der Waals surface area contributed by atoms with Crippen LogP contribution in [0.2, 0.25) is 0 Å². The second-order valence-electron chi connectivity index (χ2n) is 4.72. The fraction of sp³-hybridized carbons (Fsp3) is 0.462. The lowest BCUT2D eigenvalue weighted by Gasteiger charge is -2.25. The van der Waals surface area contributed by atoms with E-state index < -0.39 is 11.4 Å². The maximum atomic E-state index is 11.6. The Kier molecular flexibility index (Phi) is 3.17. The van der Waals surface area contributed by atoms with E-state index in [0.717, 1.165) is 18.4 Å². The SMILES string of the molecule is Cc1cc(C2(C(=O)O)CCCC2)cc(Br)c1O. The number of benzene rings is 1. The number of rotatable bonds is 2. The lowest BCUT2D eigenvalue weighted by atomic mass is 9.78. The summed E-state index contributed by atoms with van der Waals surface area (Å²) in [5.41, 5.74) is 0.743. The smallest absolute Gasteiger partial charge is 0.314 e. The molecule has 4 heteroatoms. The van der Waals surface area contributed by atoms with Crippen LogP contribution < -0.4 is 0 Å². The normalized spacial score (nSPS) is 18.2. The molecule has 17 heavy (non-hydrogen) atoms. The molecule has 0 radical (unpaired) electrons. The molecule has 3 nitrogen and oxygen atoms in total. The number of carboxylic acid groups (broad SMARTS) is 1. The van der Waals surface area contributed by atoms with Crippen LogP contribution in [0.5, 0.6) is 5.75 Å². The third-order valence-corrected chi connectivity index (χ3v) is 4.28. The summed E-state index contributed by atoms with van der Waals surface area (Å²) in [6, 6.07) is 3.53. The van der Waals surface area contributed by atoms with Gasteiger partial charge in [-0.1, -0.05) is 18.9 Å².